The summed E-state index contributed by atoms with van der Waals surface area (Å²) in [5.41, 5.74) is 3.34. The van der Waals surface area contributed by atoms with E-state index in [1.807, 2.05) is 12.1 Å². The monoisotopic (exact) mass is 376 g/mol. The Morgan fingerprint density at radius 3 is 2.39 bits per heavy atom. The quantitative estimate of drug-likeness (QED) is 0.651. The van der Waals surface area contributed by atoms with Crippen molar-refractivity contribution in [1.82, 2.24) is 4.90 Å². The molecule has 1 aromatic carbocycles. The second-order valence-corrected chi connectivity index (χ2v) is 9.12. The summed E-state index contributed by atoms with van der Waals surface area (Å²) >= 11 is 0. The SMILES string of the molecule is O=C(CN1C(=O)C2C3C=CC(C4CC34)C2C1=O)Nc1cccc2c1CCCC2. The van der Waals surface area contributed by atoms with Crippen LogP contribution in [-0.4, -0.2) is 29.2 Å². The molecule has 6 atom stereocenters. The number of carbonyl (C=O) groups excluding carboxylic acids is 3. The molecule has 6 unspecified atom stereocenters. The van der Waals surface area contributed by atoms with Crippen molar-refractivity contribution in [1.29, 1.82) is 0 Å². The van der Waals surface area contributed by atoms with Crippen molar-refractivity contribution in [2.45, 2.75) is 32.1 Å². The summed E-state index contributed by atoms with van der Waals surface area (Å²) in [7, 11) is 0. The number of nitrogens with one attached hydrogen (secondary N) is 1. The Labute approximate surface area is 164 Å². The van der Waals surface area contributed by atoms with Gasteiger partial charge in [-0.15, -0.1) is 0 Å². The van der Waals surface area contributed by atoms with Gasteiger partial charge in [-0.2, -0.15) is 0 Å². The van der Waals surface area contributed by atoms with Crippen molar-refractivity contribution in [3.05, 3.63) is 41.5 Å². The molecule has 1 N–H and O–H groups in total. The molecule has 5 nitrogen and oxygen atoms in total. The number of anilines is 1. The predicted molar refractivity (Wildman–Crippen MR) is 103 cm³/mol. The Morgan fingerprint density at radius 2 is 1.68 bits per heavy atom. The minimum Gasteiger partial charge on any atom is -0.324 e. The fourth-order valence-corrected chi connectivity index (χ4v) is 6.41. The molecule has 1 aromatic rings. The number of aryl methyl sites for hydroxylation is 1. The second-order valence-electron chi connectivity index (χ2n) is 9.12. The van der Waals surface area contributed by atoms with E-state index in [-0.39, 0.29) is 47.9 Å². The van der Waals surface area contributed by atoms with Crippen LogP contribution in [0.1, 0.15) is 30.4 Å². The first kappa shape index (κ1) is 16.5. The highest BCUT2D eigenvalue weighted by molar-refractivity contribution is 6.09. The van der Waals surface area contributed by atoms with Gasteiger partial charge in [-0.1, -0.05) is 24.3 Å². The molecular formula is C23H24N2O3. The van der Waals surface area contributed by atoms with Gasteiger partial charge in [-0.25, -0.2) is 0 Å². The third-order valence-electron chi connectivity index (χ3n) is 7.73. The number of nitrogens with zero attached hydrogens (tertiary/aromatic N) is 1. The van der Waals surface area contributed by atoms with Crippen LogP contribution in [0.25, 0.3) is 0 Å². The Kier molecular flexibility index (Phi) is 3.41. The average Bonchev–Trinajstić information content (AvgIpc) is 3.49. The molecule has 3 fully saturated rings. The van der Waals surface area contributed by atoms with Crippen molar-refractivity contribution in [2.24, 2.45) is 35.5 Å². The minimum atomic E-state index is -0.273. The zero-order chi connectivity index (χ0) is 19.0. The number of carbonyl (C=O) groups is 3. The first-order valence-corrected chi connectivity index (χ1v) is 10.6. The zero-order valence-electron chi connectivity index (χ0n) is 15.8. The van der Waals surface area contributed by atoms with Gasteiger partial charge in [-0.05, 0) is 73.0 Å². The van der Waals surface area contributed by atoms with E-state index in [1.54, 1.807) is 0 Å². The molecule has 0 aromatic heterocycles. The number of imide groups is 1. The lowest BCUT2D eigenvalue weighted by Gasteiger charge is -2.37. The Bertz CT molecular complexity index is 900. The lowest BCUT2D eigenvalue weighted by atomic mass is 9.63. The fraction of sp³-hybridized carbons (Fsp3) is 0.522. The Hall–Kier alpha value is -2.43. The highest BCUT2D eigenvalue weighted by Crippen LogP contribution is 2.65. The highest BCUT2D eigenvalue weighted by Gasteiger charge is 2.67. The zero-order valence-corrected chi connectivity index (χ0v) is 15.8. The topological polar surface area (TPSA) is 66.5 Å². The van der Waals surface area contributed by atoms with Crippen LogP contribution < -0.4 is 5.32 Å². The number of allylic oxidation sites excluding steroid dienone is 2. The minimum absolute atomic E-state index is 0.134. The summed E-state index contributed by atoms with van der Waals surface area (Å²) in [5.74, 6) is 0.554. The van der Waals surface area contributed by atoms with Gasteiger partial charge in [0.05, 0.1) is 11.8 Å². The van der Waals surface area contributed by atoms with E-state index in [9.17, 15) is 14.4 Å². The largest absolute Gasteiger partial charge is 0.324 e. The molecule has 3 amide bonds. The van der Waals surface area contributed by atoms with Crippen molar-refractivity contribution in [3.8, 4) is 0 Å². The number of likely N-dealkylation sites (tertiary alicyclic amines) is 1. The number of fused-ring (bicyclic) bond motifs is 1. The van der Waals surface area contributed by atoms with Crippen LogP contribution in [0, 0.1) is 35.5 Å². The average molecular weight is 376 g/mol. The number of hydrogen-bond donors (Lipinski definition) is 1. The molecule has 2 saturated carbocycles. The van der Waals surface area contributed by atoms with Crippen molar-refractivity contribution in [3.63, 3.8) is 0 Å². The van der Waals surface area contributed by atoms with Gasteiger partial charge < -0.3 is 5.32 Å². The van der Waals surface area contributed by atoms with Gasteiger partial charge in [0, 0.05) is 5.69 Å². The number of benzene rings is 1. The van der Waals surface area contributed by atoms with Gasteiger partial charge in [0.15, 0.2) is 0 Å². The molecule has 1 saturated heterocycles. The van der Waals surface area contributed by atoms with E-state index >= 15 is 0 Å². The van der Waals surface area contributed by atoms with E-state index in [2.05, 4.69) is 23.5 Å². The number of rotatable bonds is 3. The van der Waals surface area contributed by atoms with Crippen molar-refractivity contribution >= 4 is 23.4 Å². The van der Waals surface area contributed by atoms with Gasteiger partial charge in [0.1, 0.15) is 6.54 Å². The van der Waals surface area contributed by atoms with E-state index < -0.39 is 0 Å². The standard InChI is InChI=1S/C23H24N2O3/c26-19(24-18-7-3-5-12-4-1-2-6-13(12)18)11-25-22(27)20-14-8-9-15(17-10-16(14)17)21(20)23(25)28/h3,5,7-9,14-17,20-21H,1-2,4,6,10-11H2,(H,24,26). The highest BCUT2D eigenvalue weighted by atomic mass is 16.2. The number of amides is 3. The third-order valence-corrected chi connectivity index (χ3v) is 7.73. The third kappa shape index (κ3) is 2.22. The lowest BCUT2D eigenvalue weighted by Crippen LogP contribution is -2.40. The molecule has 0 spiro atoms. The van der Waals surface area contributed by atoms with Crippen LogP contribution in [0.15, 0.2) is 30.4 Å². The first-order chi connectivity index (χ1) is 13.6. The molecular weight excluding hydrogens is 352 g/mol. The van der Waals surface area contributed by atoms with E-state index in [0.29, 0.717) is 11.8 Å². The Balaban J connectivity index is 1.20. The molecule has 5 aliphatic carbocycles. The summed E-state index contributed by atoms with van der Waals surface area (Å²) in [5, 5.41) is 2.97. The molecule has 144 valence electrons. The fourth-order valence-electron chi connectivity index (χ4n) is 6.41. The summed E-state index contributed by atoms with van der Waals surface area (Å²) in [6.45, 7) is -0.164. The molecule has 7 rings (SSSR count). The summed E-state index contributed by atoms with van der Waals surface area (Å²) < 4.78 is 0. The number of hydrogen-bond acceptors (Lipinski definition) is 3. The molecule has 1 heterocycles. The lowest BCUT2D eigenvalue weighted by molar-refractivity contribution is -0.142. The molecule has 6 aliphatic rings. The normalized spacial score (nSPS) is 36.8. The van der Waals surface area contributed by atoms with Crippen LogP contribution in [0.2, 0.25) is 0 Å². The van der Waals surface area contributed by atoms with Gasteiger partial charge in [0.2, 0.25) is 17.7 Å². The molecule has 0 radical (unpaired) electrons. The van der Waals surface area contributed by atoms with Crippen molar-refractivity contribution in [2.75, 3.05) is 11.9 Å². The van der Waals surface area contributed by atoms with Gasteiger partial charge >= 0.3 is 0 Å². The summed E-state index contributed by atoms with van der Waals surface area (Å²) in [4.78, 5) is 40.0. The maximum Gasteiger partial charge on any atom is 0.244 e. The van der Waals surface area contributed by atoms with E-state index in [1.165, 1.54) is 22.4 Å². The van der Waals surface area contributed by atoms with Gasteiger partial charge in [-0.3, -0.25) is 19.3 Å². The Morgan fingerprint density at radius 1 is 1.00 bits per heavy atom. The summed E-state index contributed by atoms with van der Waals surface area (Å²) in [6, 6.07) is 6.01. The molecule has 5 heteroatoms. The summed E-state index contributed by atoms with van der Waals surface area (Å²) in [6.07, 6.45) is 9.79. The predicted octanol–water partition coefficient (Wildman–Crippen LogP) is 2.56. The molecule has 1 aliphatic heterocycles. The van der Waals surface area contributed by atoms with Crippen molar-refractivity contribution < 1.29 is 14.4 Å². The maximum atomic E-state index is 13.0. The van der Waals surface area contributed by atoms with E-state index in [4.69, 9.17) is 0 Å². The first-order valence-electron chi connectivity index (χ1n) is 10.6. The van der Waals surface area contributed by atoms with Crippen LogP contribution in [-0.2, 0) is 27.2 Å². The van der Waals surface area contributed by atoms with E-state index in [0.717, 1.165) is 31.4 Å². The van der Waals surface area contributed by atoms with Gasteiger partial charge in [0.25, 0.3) is 0 Å². The second kappa shape index (κ2) is 5.79. The smallest absolute Gasteiger partial charge is 0.244 e. The maximum absolute atomic E-state index is 13.0. The molecule has 28 heavy (non-hydrogen) atoms. The van der Waals surface area contributed by atoms with Crippen LogP contribution in [0.4, 0.5) is 5.69 Å². The van der Waals surface area contributed by atoms with Crippen LogP contribution >= 0.6 is 0 Å². The molecule has 2 bridgehead atoms. The van der Waals surface area contributed by atoms with Crippen LogP contribution in [0.5, 0.6) is 0 Å². The van der Waals surface area contributed by atoms with Crippen LogP contribution in [0.3, 0.4) is 0 Å².